The van der Waals surface area contributed by atoms with Crippen molar-refractivity contribution in [3.63, 3.8) is 0 Å². The largest absolute Gasteiger partial charge is 0.313 e. The average Bonchev–Trinajstić information content (AvgIpc) is 2.14. The topological polar surface area (TPSA) is 24.4 Å². The first-order valence-electron chi connectivity index (χ1n) is 4.26. The Morgan fingerprint density at radius 1 is 1.38 bits per heavy atom. The molecule has 0 bridgehead atoms. The molecule has 1 N–H and O–H groups in total. The van der Waals surface area contributed by atoms with E-state index in [0.29, 0.717) is 0 Å². The quantitative estimate of drug-likeness (QED) is 0.489. The summed E-state index contributed by atoms with van der Waals surface area (Å²) in [7, 11) is 1.76. The van der Waals surface area contributed by atoms with Gasteiger partial charge in [0.05, 0.1) is 5.71 Å². The second kappa shape index (κ2) is 6.54. The first kappa shape index (κ1) is 12.0. The number of hydrogen-bond donors (Lipinski definition) is 2. The van der Waals surface area contributed by atoms with Crippen LogP contribution in [0.4, 0.5) is 0 Å². The van der Waals surface area contributed by atoms with E-state index in [1.807, 2.05) is 32.1 Å². The number of rotatable bonds is 1. The highest BCUT2D eigenvalue weighted by atomic mass is 32.1. The van der Waals surface area contributed by atoms with Gasteiger partial charge in [-0.1, -0.05) is 20.4 Å². The third kappa shape index (κ3) is 3.99. The summed E-state index contributed by atoms with van der Waals surface area (Å²) in [5, 5.41) is 4.00. The van der Waals surface area contributed by atoms with E-state index in [0.717, 1.165) is 16.2 Å². The Balaban J connectivity index is 0.000000671. The van der Waals surface area contributed by atoms with Gasteiger partial charge in [0.2, 0.25) is 0 Å². The van der Waals surface area contributed by atoms with Gasteiger partial charge in [-0.2, -0.15) is 5.10 Å². The van der Waals surface area contributed by atoms with E-state index in [2.05, 4.69) is 29.7 Å². The van der Waals surface area contributed by atoms with Crippen molar-refractivity contribution in [1.29, 1.82) is 0 Å². The molecule has 3 heteroatoms. The predicted octanol–water partition coefficient (Wildman–Crippen LogP) is 2.53. The second-order valence-corrected chi connectivity index (χ2v) is 2.66. The minimum atomic E-state index is 0.852. The molecule has 1 aliphatic rings. The maximum Gasteiger partial charge on any atom is 0.0896 e. The lowest BCUT2D eigenvalue weighted by atomic mass is 10.1. The number of thiol groups is 1. The third-order valence-electron chi connectivity index (χ3n) is 1.30. The molecule has 0 aromatic carbocycles. The summed E-state index contributed by atoms with van der Waals surface area (Å²) < 4.78 is 0. The molecule has 13 heavy (non-hydrogen) atoms. The van der Waals surface area contributed by atoms with E-state index in [1.54, 1.807) is 7.05 Å². The number of hydrazone groups is 1. The minimum absolute atomic E-state index is 0.852. The lowest BCUT2D eigenvalue weighted by Gasteiger charge is -2.05. The van der Waals surface area contributed by atoms with Crippen molar-refractivity contribution in [3.05, 3.63) is 35.3 Å². The SMILES string of the molecule is C=C1C=C(S)C=C/C1=N/NC.CC. The molecule has 0 heterocycles. The van der Waals surface area contributed by atoms with Gasteiger partial charge in [-0.25, -0.2) is 0 Å². The highest BCUT2D eigenvalue weighted by Crippen LogP contribution is 2.14. The van der Waals surface area contributed by atoms with Crippen LogP contribution in [0.2, 0.25) is 0 Å². The Kier molecular flexibility index (Phi) is 6.06. The maximum absolute atomic E-state index is 4.17. The summed E-state index contributed by atoms with van der Waals surface area (Å²) in [6.45, 7) is 7.82. The van der Waals surface area contributed by atoms with Crippen molar-refractivity contribution in [2.24, 2.45) is 5.10 Å². The number of hydrogen-bond acceptors (Lipinski definition) is 3. The molecule has 0 spiro atoms. The summed E-state index contributed by atoms with van der Waals surface area (Å²) in [4.78, 5) is 0.907. The number of nitrogens with one attached hydrogen (secondary N) is 1. The normalized spacial score (nSPS) is 17.7. The summed E-state index contributed by atoms with van der Waals surface area (Å²) in [5.74, 6) is 0. The van der Waals surface area contributed by atoms with Crippen LogP contribution < -0.4 is 5.43 Å². The van der Waals surface area contributed by atoms with Crippen LogP contribution in [-0.4, -0.2) is 12.8 Å². The summed E-state index contributed by atoms with van der Waals surface area (Å²) >= 11 is 4.17. The monoisotopic (exact) mass is 196 g/mol. The van der Waals surface area contributed by atoms with Crippen LogP contribution in [-0.2, 0) is 0 Å². The Morgan fingerprint density at radius 3 is 2.46 bits per heavy atom. The van der Waals surface area contributed by atoms with Gasteiger partial charge < -0.3 is 5.43 Å². The van der Waals surface area contributed by atoms with Crippen LogP contribution >= 0.6 is 12.6 Å². The van der Waals surface area contributed by atoms with Crippen LogP contribution in [0.1, 0.15) is 13.8 Å². The minimum Gasteiger partial charge on any atom is -0.313 e. The highest BCUT2D eigenvalue weighted by Gasteiger charge is 2.02. The molecule has 1 aliphatic carbocycles. The second-order valence-electron chi connectivity index (χ2n) is 2.15. The van der Waals surface area contributed by atoms with Crippen LogP contribution in [0.3, 0.4) is 0 Å². The molecule has 0 saturated carbocycles. The predicted molar refractivity (Wildman–Crippen MR) is 63.2 cm³/mol. The lowest BCUT2D eigenvalue weighted by molar-refractivity contribution is 0.902. The Bertz CT molecular complexity index is 262. The van der Waals surface area contributed by atoms with Gasteiger partial charge in [0.25, 0.3) is 0 Å². The van der Waals surface area contributed by atoms with Gasteiger partial charge >= 0.3 is 0 Å². The van der Waals surface area contributed by atoms with E-state index in [4.69, 9.17) is 0 Å². The Morgan fingerprint density at radius 2 is 2.00 bits per heavy atom. The smallest absolute Gasteiger partial charge is 0.0896 e. The maximum atomic E-state index is 4.17. The molecule has 1 rings (SSSR count). The molecule has 0 aromatic rings. The fourth-order valence-corrected chi connectivity index (χ4v) is 1.03. The highest BCUT2D eigenvalue weighted by molar-refractivity contribution is 7.84. The molecule has 0 amide bonds. The van der Waals surface area contributed by atoms with Crippen molar-refractivity contribution < 1.29 is 0 Å². The zero-order valence-corrected chi connectivity index (χ0v) is 9.23. The van der Waals surface area contributed by atoms with E-state index in [9.17, 15) is 0 Å². The number of allylic oxidation sites excluding steroid dienone is 4. The average molecular weight is 196 g/mol. The van der Waals surface area contributed by atoms with Crippen LogP contribution in [0.25, 0.3) is 0 Å². The standard InChI is InChI=1S/C8H10N2S.C2H6/c1-6-5-7(11)3-4-8(6)10-9-2;1-2/h3-5,9,11H,1H2,2H3;1-2H3/b10-8-;. The van der Waals surface area contributed by atoms with Crippen molar-refractivity contribution >= 4 is 18.3 Å². The van der Waals surface area contributed by atoms with E-state index < -0.39 is 0 Å². The first-order valence-corrected chi connectivity index (χ1v) is 4.71. The molecule has 0 atom stereocenters. The summed E-state index contributed by atoms with van der Waals surface area (Å²) in [5.41, 5.74) is 4.44. The molecule has 0 saturated heterocycles. The van der Waals surface area contributed by atoms with Crippen LogP contribution in [0.5, 0.6) is 0 Å². The van der Waals surface area contributed by atoms with Crippen LogP contribution in [0.15, 0.2) is 40.4 Å². The lowest BCUT2D eigenvalue weighted by Crippen LogP contribution is -2.06. The molecule has 0 unspecified atom stereocenters. The molecule has 0 radical (unpaired) electrons. The zero-order chi connectivity index (χ0) is 10.3. The van der Waals surface area contributed by atoms with Crippen molar-refractivity contribution in [3.8, 4) is 0 Å². The van der Waals surface area contributed by atoms with Crippen molar-refractivity contribution in [1.82, 2.24) is 5.43 Å². The third-order valence-corrected chi connectivity index (χ3v) is 1.57. The fourth-order valence-electron chi connectivity index (χ4n) is 0.801. The van der Waals surface area contributed by atoms with Gasteiger partial charge in [-0.3, -0.25) is 0 Å². The molecule has 2 nitrogen and oxygen atoms in total. The zero-order valence-electron chi connectivity index (χ0n) is 8.33. The molecule has 0 fully saturated rings. The molecular formula is C10H16N2S. The Hall–Kier alpha value is -0.960. The fraction of sp³-hybridized carbons (Fsp3) is 0.300. The molecule has 72 valence electrons. The molecular weight excluding hydrogens is 180 g/mol. The van der Waals surface area contributed by atoms with Crippen molar-refractivity contribution in [2.45, 2.75) is 13.8 Å². The van der Waals surface area contributed by atoms with E-state index in [1.165, 1.54) is 0 Å². The van der Waals surface area contributed by atoms with E-state index >= 15 is 0 Å². The van der Waals surface area contributed by atoms with Gasteiger partial charge in [0, 0.05) is 12.0 Å². The summed E-state index contributed by atoms with van der Waals surface area (Å²) in [6, 6.07) is 0. The van der Waals surface area contributed by atoms with Gasteiger partial charge in [0.1, 0.15) is 0 Å². The van der Waals surface area contributed by atoms with Crippen molar-refractivity contribution in [2.75, 3.05) is 7.05 Å². The molecule has 0 aromatic heterocycles. The Labute approximate surface area is 85.5 Å². The van der Waals surface area contributed by atoms with Gasteiger partial charge in [-0.15, -0.1) is 12.6 Å². The van der Waals surface area contributed by atoms with Gasteiger partial charge in [-0.05, 0) is 23.8 Å². The van der Waals surface area contributed by atoms with E-state index in [-0.39, 0.29) is 0 Å². The first-order chi connectivity index (χ1) is 6.24. The summed E-state index contributed by atoms with van der Waals surface area (Å²) in [6.07, 6.45) is 5.63. The molecule has 0 aliphatic heterocycles. The van der Waals surface area contributed by atoms with Crippen LogP contribution in [0, 0.1) is 0 Å². The van der Waals surface area contributed by atoms with Gasteiger partial charge in [0.15, 0.2) is 0 Å². The number of nitrogens with zero attached hydrogens (tertiary/aromatic N) is 1.